The first-order chi connectivity index (χ1) is 0. The highest BCUT2D eigenvalue weighted by Crippen LogP contribution is 0.872. The summed E-state index contributed by atoms with van der Waals surface area (Å²) in [6.07, 6.45) is 0. The van der Waals surface area contributed by atoms with Crippen LogP contribution >= 0.6 is 119 Å². The van der Waals surface area contributed by atoms with Gasteiger partial charge in [0.05, 0.1) is 0 Å². The molecule has 0 aromatic rings. The largest absolute Gasteiger partial charge is 0.153 e. The molecule has 0 N–H and O–H groups in total. The lowest BCUT2D eigenvalue weighted by Crippen LogP contribution is 0.860. The molecule has 12 atom stereocenters. The molecule has 0 radical (unpaired) electrons. The summed E-state index contributed by atoms with van der Waals surface area (Å²) in [5.74, 6) is 0. The zero-order valence-corrected chi connectivity index (χ0v) is 25.5. The maximum Gasteiger partial charge on any atom is -0.153 e. The highest BCUT2D eigenvalue weighted by atomic mass is 31.0. The molecule has 0 aromatic heterocycles. The van der Waals surface area contributed by atoms with E-state index in [2.05, 4.69) is 0 Å². The van der Waals surface area contributed by atoms with Crippen molar-refractivity contribution in [1.29, 1.82) is 0 Å². The molecule has 0 aromatic carbocycles. The van der Waals surface area contributed by atoms with Crippen LogP contribution in [-0.2, 0) is 0 Å². The molecular weight excluding hydrogens is 372 g/mol. The van der Waals surface area contributed by atoms with Gasteiger partial charge in [-0.05, 0) is 0 Å². The monoisotopic (exact) mass is 408 g/mol. The molecule has 0 amide bonds. The van der Waals surface area contributed by atoms with Gasteiger partial charge in [-0.1, -0.05) is 0 Å². The molecule has 0 fully saturated rings. The Balaban J connectivity index is 0. The third-order valence-electron chi connectivity index (χ3n) is 0. The minimum atomic E-state index is 0. The first-order valence-electron chi connectivity index (χ1n) is 0. The summed E-state index contributed by atoms with van der Waals surface area (Å²) in [4.78, 5) is 0. The van der Waals surface area contributed by atoms with Crippen LogP contribution in [0, 0.1) is 0 Å². The Morgan fingerprint density at radius 3 is 0.0833 bits per heavy atom. The smallest absolute Gasteiger partial charge is 0.153 e. The van der Waals surface area contributed by atoms with Gasteiger partial charge in [-0.25, -0.2) is 0 Å². The van der Waals surface area contributed by atoms with Crippen LogP contribution in [0.5, 0.6) is 0 Å². The lowest BCUT2D eigenvalue weighted by Gasteiger charge is -0.154. The number of rotatable bonds is 0. The zero-order valence-electron chi connectivity index (χ0n) is 8.49. The van der Waals surface area contributed by atoms with Crippen molar-refractivity contribution in [2.24, 2.45) is 0 Å². The Kier molecular flexibility index (Phi) is 1960. The molecule has 0 spiro atoms. The molecule has 0 bridgehead atoms. The van der Waals surface area contributed by atoms with Gasteiger partial charge in [-0.15, -0.1) is 0 Å². The van der Waals surface area contributed by atoms with E-state index in [0.29, 0.717) is 0 Å². The summed E-state index contributed by atoms with van der Waals surface area (Å²) >= 11 is 0. The van der Waals surface area contributed by atoms with Gasteiger partial charge in [0.2, 0.25) is 0 Å². The fourth-order valence-electron chi connectivity index (χ4n) is 0. The van der Waals surface area contributed by atoms with Crippen LogP contribution < -0.4 is 0 Å². The summed E-state index contributed by atoms with van der Waals surface area (Å²) in [6, 6.07) is 0. The van der Waals surface area contributed by atoms with Crippen molar-refractivity contribution >= 4 is 119 Å². The van der Waals surface area contributed by atoms with E-state index in [1.54, 1.807) is 0 Å². The average Bonchev–Trinajstić information content (AvgIpc) is 0. The van der Waals surface area contributed by atoms with Gasteiger partial charge in [0.25, 0.3) is 0 Å². The molecule has 0 saturated carbocycles. The SMILES string of the molecule is P.P.P.P.P.P.P.P.P.P.P.P. The second-order valence-electron chi connectivity index (χ2n) is 0. The standard InChI is InChI=1S/12H3P/h12*1H3. The molecule has 0 aliphatic carbocycles. The van der Waals surface area contributed by atoms with Gasteiger partial charge < -0.3 is 0 Å². The van der Waals surface area contributed by atoms with Gasteiger partial charge in [-0.3, -0.25) is 0 Å². The summed E-state index contributed by atoms with van der Waals surface area (Å²) in [7, 11) is 0. The first-order valence-corrected chi connectivity index (χ1v) is 0. The molecule has 12 heavy (non-hydrogen) atoms. The van der Waals surface area contributed by atoms with Gasteiger partial charge >= 0.3 is 0 Å². The summed E-state index contributed by atoms with van der Waals surface area (Å²) < 4.78 is 0. The van der Waals surface area contributed by atoms with Crippen molar-refractivity contribution in [3.05, 3.63) is 0 Å². The molecule has 12 heteroatoms. The molecule has 0 aliphatic rings. The maximum absolute atomic E-state index is 0. The Morgan fingerprint density at radius 1 is 0.0833 bits per heavy atom. The highest BCUT2D eigenvalue weighted by Gasteiger charge is -0.142. The summed E-state index contributed by atoms with van der Waals surface area (Å²) in [5.41, 5.74) is 0. The molecule has 96 valence electrons. The Labute approximate surface area is 118 Å². The van der Waals surface area contributed by atoms with E-state index in [4.69, 9.17) is 0 Å². The second-order valence-corrected chi connectivity index (χ2v) is 0. The van der Waals surface area contributed by atoms with Crippen molar-refractivity contribution in [2.45, 2.75) is 0 Å². The van der Waals surface area contributed by atoms with E-state index in [-0.39, 0.29) is 119 Å². The van der Waals surface area contributed by atoms with Crippen LogP contribution in [0.3, 0.4) is 0 Å². The van der Waals surface area contributed by atoms with Crippen LogP contribution in [0.1, 0.15) is 0 Å². The predicted molar refractivity (Wildman–Crippen MR) is 133 cm³/mol. The maximum atomic E-state index is 0. The molecular formula is H36P12. The van der Waals surface area contributed by atoms with Crippen LogP contribution in [-0.4, -0.2) is 0 Å². The van der Waals surface area contributed by atoms with Crippen LogP contribution in [0.15, 0.2) is 0 Å². The minimum absolute atomic E-state index is 0. The third-order valence-corrected chi connectivity index (χ3v) is 0. The van der Waals surface area contributed by atoms with E-state index < -0.39 is 0 Å². The second kappa shape index (κ2) is 139. The summed E-state index contributed by atoms with van der Waals surface area (Å²) in [6.45, 7) is 0. The number of hydrogen-bond donors (Lipinski definition) is 0. The predicted octanol–water partition coefficient (Wildman–Crippen LogP) is 0.697. The molecule has 0 saturated heterocycles. The fraction of sp³-hybridized carbons (Fsp3) is 0. The van der Waals surface area contributed by atoms with E-state index in [9.17, 15) is 0 Å². The molecule has 0 heterocycles. The van der Waals surface area contributed by atoms with Crippen molar-refractivity contribution in [2.75, 3.05) is 0 Å². The normalized spacial score (nSPS) is 0. The fourth-order valence-corrected chi connectivity index (χ4v) is 0. The Morgan fingerprint density at radius 2 is 0.0833 bits per heavy atom. The van der Waals surface area contributed by atoms with Crippen molar-refractivity contribution in [3.63, 3.8) is 0 Å². The van der Waals surface area contributed by atoms with Crippen molar-refractivity contribution < 1.29 is 0 Å². The number of hydrogen-bond acceptors (Lipinski definition) is 0. The third kappa shape index (κ3) is 114. The van der Waals surface area contributed by atoms with E-state index in [0.717, 1.165) is 0 Å². The van der Waals surface area contributed by atoms with E-state index in [1.807, 2.05) is 0 Å². The molecule has 0 nitrogen and oxygen atoms in total. The lowest BCUT2D eigenvalue weighted by molar-refractivity contribution is 6.92. The lowest BCUT2D eigenvalue weighted by atomic mass is 31.0. The van der Waals surface area contributed by atoms with Gasteiger partial charge in [0.15, 0.2) is 0 Å². The first kappa shape index (κ1) is 168. The topological polar surface area (TPSA) is 0 Å². The Bertz CT molecular complexity index is 0. The van der Waals surface area contributed by atoms with Gasteiger partial charge in [0, 0.05) is 0 Å². The van der Waals surface area contributed by atoms with Gasteiger partial charge in [0.1, 0.15) is 0 Å². The minimum Gasteiger partial charge on any atom is -0.153 e. The van der Waals surface area contributed by atoms with E-state index in [1.165, 1.54) is 0 Å². The van der Waals surface area contributed by atoms with Crippen LogP contribution in [0.4, 0.5) is 0 Å². The van der Waals surface area contributed by atoms with Crippen molar-refractivity contribution in [3.8, 4) is 0 Å². The molecule has 0 rings (SSSR count). The quantitative estimate of drug-likeness (QED) is 0.518. The summed E-state index contributed by atoms with van der Waals surface area (Å²) in [5, 5.41) is 0. The van der Waals surface area contributed by atoms with E-state index >= 15 is 0 Å². The highest BCUT2D eigenvalue weighted by molar-refractivity contribution is 6.93. The van der Waals surface area contributed by atoms with Crippen LogP contribution in [0.2, 0.25) is 0 Å². The molecule has 12 unspecified atom stereocenters. The van der Waals surface area contributed by atoms with Gasteiger partial charge in [-0.2, -0.15) is 119 Å². The average molecular weight is 408 g/mol. The molecule has 0 aliphatic heterocycles. The van der Waals surface area contributed by atoms with Crippen LogP contribution in [0.25, 0.3) is 0 Å². The Hall–Kier alpha value is 5.16. The zero-order chi connectivity index (χ0) is 0. The van der Waals surface area contributed by atoms with Crippen molar-refractivity contribution in [1.82, 2.24) is 0 Å².